The van der Waals surface area contributed by atoms with Crippen molar-refractivity contribution in [2.24, 2.45) is 4.36 Å². The van der Waals surface area contributed by atoms with Crippen LogP contribution < -0.4 is 10.6 Å². The molecule has 0 aromatic heterocycles. The van der Waals surface area contributed by atoms with E-state index in [4.69, 9.17) is 0 Å². The van der Waals surface area contributed by atoms with Crippen molar-refractivity contribution in [3.63, 3.8) is 0 Å². The summed E-state index contributed by atoms with van der Waals surface area (Å²) < 4.78 is 17.4. The molecule has 0 saturated carbocycles. The molecular formula is C18H21N3O2S. The van der Waals surface area contributed by atoms with Crippen molar-refractivity contribution < 1.29 is 9.00 Å². The van der Waals surface area contributed by atoms with Crippen LogP contribution in [0.25, 0.3) is 0 Å². The fraction of sp³-hybridized carbons (Fsp3) is 0.278. The summed E-state index contributed by atoms with van der Waals surface area (Å²) in [7, 11) is -2.55. The Hall–Kier alpha value is -2.34. The van der Waals surface area contributed by atoms with Gasteiger partial charge in [-0.05, 0) is 43.2 Å². The van der Waals surface area contributed by atoms with Gasteiger partial charge in [-0.2, -0.15) is 0 Å². The summed E-state index contributed by atoms with van der Waals surface area (Å²) in [4.78, 5) is 12.9. The number of rotatable bonds is 3. The van der Waals surface area contributed by atoms with Crippen molar-refractivity contribution in [3.8, 4) is 0 Å². The van der Waals surface area contributed by atoms with Crippen molar-refractivity contribution in [2.75, 3.05) is 29.5 Å². The van der Waals surface area contributed by atoms with Crippen molar-refractivity contribution in [1.82, 2.24) is 0 Å². The highest BCUT2D eigenvalue weighted by Gasteiger charge is 2.21. The predicted octanol–water partition coefficient (Wildman–Crippen LogP) is 3.19. The largest absolute Gasteiger partial charge is 0.383 e. The van der Waals surface area contributed by atoms with Crippen LogP contribution in [-0.4, -0.2) is 29.0 Å². The minimum Gasteiger partial charge on any atom is -0.383 e. The van der Waals surface area contributed by atoms with Gasteiger partial charge in [0, 0.05) is 12.2 Å². The maximum atomic E-state index is 13.1. The topological polar surface area (TPSA) is 70.6 Å². The van der Waals surface area contributed by atoms with Gasteiger partial charge in [-0.1, -0.05) is 24.3 Å². The highest BCUT2D eigenvalue weighted by atomic mass is 32.2. The minimum absolute atomic E-state index is 0.111. The highest BCUT2D eigenvalue weighted by Crippen LogP contribution is 2.27. The number of amides is 1. The number of carbonyl (C=O) groups is 1. The molecule has 1 unspecified atom stereocenters. The Morgan fingerprint density at radius 3 is 2.88 bits per heavy atom. The maximum Gasteiger partial charge on any atom is 0.246 e. The Kier molecular flexibility index (Phi) is 4.57. The summed E-state index contributed by atoms with van der Waals surface area (Å²) in [5.41, 5.74) is 3.68. The second-order valence-corrected chi connectivity index (χ2v) is 8.31. The molecule has 3 rings (SSSR count). The summed E-state index contributed by atoms with van der Waals surface area (Å²) in [6.45, 7) is 4.40. The van der Waals surface area contributed by atoms with E-state index in [1.165, 1.54) is 0 Å². The van der Waals surface area contributed by atoms with Gasteiger partial charge in [-0.3, -0.25) is 4.79 Å². The van der Waals surface area contributed by atoms with Crippen LogP contribution in [-0.2, 0) is 14.5 Å². The third-order valence-electron chi connectivity index (χ3n) is 4.01. The molecule has 126 valence electrons. The zero-order chi connectivity index (χ0) is 17.2. The number of hydrogen-bond acceptors (Lipinski definition) is 4. The van der Waals surface area contributed by atoms with Crippen LogP contribution in [0.3, 0.4) is 0 Å². The van der Waals surface area contributed by atoms with Crippen molar-refractivity contribution >= 4 is 27.0 Å². The predicted molar refractivity (Wildman–Crippen MR) is 98.0 cm³/mol. The number of anilines is 2. The Morgan fingerprint density at radius 2 is 2.04 bits per heavy atom. The van der Waals surface area contributed by atoms with E-state index in [1.807, 2.05) is 56.3 Å². The second kappa shape index (κ2) is 6.65. The fourth-order valence-electron chi connectivity index (χ4n) is 2.68. The lowest BCUT2D eigenvalue weighted by atomic mass is 10.1. The molecule has 1 atom stereocenters. The maximum absolute atomic E-state index is 13.1. The summed E-state index contributed by atoms with van der Waals surface area (Å²) in [6, 6.07) is 13.3. The summed E-state index contributed by atoms with van der Waals surface area (Å²) >= 11 is 0. The smallest absolute Gasteiger partial charge is 0.246 e. The van der Waals surface area contributed by atoms with Crippen molar-refractivity contribution in [2.45, 2.75) is 18.7 Å². The average molecular weight is 343 g/mol. The SMILES string of the molecule is Cc1ccc(C)c(NC(=O)CN=S2(=O)CCNc3ccccc32)c1. The molecule has 0 saturated heterocycles. The molecule has 1 amide bonds. The van der Waals surface area contributed by atoms with Crippen LogP contribution in [0.1, 0.15) is 11.1 Å². The monoisotopic (exact) mass is 343 g/mol. The molecule has 2 aromatic rings. The Balaban J connectivity index is 1.80. The highest BCUT2D eigenvalue weighted by molar-refractivity contribution is 7.93. The Labute approximate surface area is 142 Å². The third-order valence-corrected chi connectivity index (χ3v) is 6.36. The number of hydrogen-bond donors (Lipinski definition) is 2. The van der Waals surface area contributed by atoms with Crippen LogP contribution in [0, 0.1) is 13.8 Å². The van der Waals surface area contributed by atoms with Crippen LogP contribution in [0.15, 0.2) is 51.7 Å². The van der Waals surface area contributed by atoms with Gasteiger partial charge in [0.05, 0.1) is 26.1 Å². The van der Waals surface area contributed by atoms with Gasteiger partial charge in [-0.25, -0.2) is 8.57 Å². The zero-order valence-electron chi connectivity index (χ0n) is 13.8. The average Bonchev–Trinajstić information content (AvgIpc) is 2.57. The van der Waals surface area contributed by atoms with E-state index < -0.39 is 9.73 Å². The Morgan fingerprint density at radius 1 is 1.25 bits per heavy atom. The molecule has 2 N–H and O–H groups in total. The molecular weight excluding hydrogens is 322 g/mol. The minimum atomic E-state index is -2.55. The van der Waals surface area contributed by atoms with E-state index in [0.717, 1.165) is 22.5 Å². The Bertz CT molecular complexity index is 899. The first-order valence-electron chi connectivity index (χ1n) is 7.88. The molecule has 1 aliphatic heterocycles. The van der Waals surface area contributed by atoms with E-state index in [2.05, 4.69) is 15.0 Å². The fourth-order valence-corrected chi connectivity index (χ4v) is 4.65. The molecule has 2 aromatic carbocycles. The molecule has 24 heavy (non-hydrogen) atoms. The van der Waals surface area contributed by atoms with E-state index in [9.17, 15) is 9.00 Å². The number of para-hydroxylation sites is 1. The number of nitrogens with zero attached hydrogens (tertiary/aromatic N) is 1. The van der Waals surface area contributed by atoms with E-state index in [1.54, 1.807) is 0 Å². The van der Waals surface area contributed by atoms with Gasteiger partial charge in [0.15, 0.2) is 0 Å². The number of aryl methyl sites for hydroxylation is 2. The van der Waals surface area contributed by atoms with Crippen LogP contribution in [0.5, 0.6) is 0 Å². The lowest BCUT2D eigenvalue weighted by molar-refractivity contribution is -0.114. The normalized spacial score (nSPS) is 19.1. The zero-order valence-corrected chi connectivity index (χ0v) is 14.7. The first kappa shape index (κ1) is 16.5. The number of carbonyl (C=O) groups excluding carboxylic acids is 1. The molecule has 0 radical (unpaired) electrons. The van der Waals surface area contributed by atoms with Gasteiger partial charge in [0.25, 0.3) is 0 Å². The van der Waals surface area contributed by atoms with E-state index >= 15 is 0 Å². The van der Waals surface area contributed by atoms with Crippen LogP contribution in [0.4, 0.5) is 11.4 Å². The van der Waals surface area contributed by atoms with E-state index in [0.29, 0.717) is 17.2 Å². The summed E-state index contributed by atoms with van der Waals surface area (Å²) in [5.74, 6) is 0.170. The lowest BCUT2D eigenvalue weighted by Gasteiger charge is -2.21. The van der Waals surface area contributed by atoms with Gasteiger partial charge in [0.1, 0.15) is 6.54 Å². The van der Waals surface area contributed by atoms with Gasteiger partial charge in [0.2, 0.25) is 5.91 Å². The van der Waals surface area contributed by atoms with Crippen LogP contribution in [0.2, 0.25) is 0 Å². The third kappa shape index (κ3) is 3.43. The van der Waals surface area contributed by atoms with Crippen molar-refractivity contribution in [3.05, 3.63) is 53.6 Å². The molecule has 1 aliphatic rings. The number of nitrogens with one attached hydrogen (secondary N) is 2. The van der Waals surface area contributed by atoms with Gasteiger partial charge >= 0.3 is 0 Å². The molecule has 0 fully saturated rings. The van der Waals surface area contributed by atoms with Gasteiger partial charge < -0.3 is 10.6 Å². The second-order valence-electron chi connectivity index (χ2n) is 5.92. The standard InChI is InChI=1S/C18H21N3O2S/c1-13-7-8-14(2)16(11-13)21-18(22)12-20-24(23)10-9-19-15-5-3-4-6-17(15)24/h3-8,11,19H,9-10,12H2,1-2H3,(H,21,22). The van der Waals surface area contributed by atoms with Crippen LogP contribution >= 0.6 is 0 Å². The molecule has 1 heterocycles. The lowest BCUT2D eigenvalue weighted by Crippen LogP contribution is -2.25. The molecule has 5 nitrogen and oxygen atoms in total. The van der Waals surface area contributed by atoms with E-state index in [-0.39, 0.29) is 12.5 Å². The molecule has 0 bridgehead atoms. The molecule has 0 spiro atoms. The van der Waals surface area contributed by atoms with Crippen molar-refractivity contribution in [1.29, 1.82) is 0 Å². The first-order valence-corrected chi connectivity index (χ1v) is 9.57. The number of benzene rings is 2. The molecule has 0 aliphatic carbocycles. The quantitative estimate of drug-likeness (QED) is 0.899. The summed E-state index contributed by atoms with van der Waals surface area (Å²) in [5, 5.41) is 6.08. The summed E-state index contributed by atoms with van der Waals surface area (Å²) in [6.07, 6.45) is 0. The molecule has 6 heteroatoms. The first-order chi connectivity index (χ1) is 11.5. The van der Waals surface area contributed by atoms with Gasteiger partial charge in [-0.15, -0.1) is 0 Å². The number of fused-ring (bicyclic) bond motifs is 1.